The first-order valence-corrected chi connectivity index (χ1v) is 5.40. The Morgan fingerprint density at radius 2 is 1.89 bits per heavy atom. The molecule has 100 valence electrons. The average Bonchev–Trinajstić information content (AvgIpc) is 2.36. The lowest BCUT2D eigenvalue weighted by Crippen LogP contribution is -2.29. The molecule has 0 bridgehead atoms. The van der Waals surface area contributed by atoms with Crippen LogP contribution in [0.4, 0.5) is 0 Å². The molecular formula is C12H17ClN2O3. The third-order valence-corrected chi connectivity index (χ3v) is 2.14. The van der Waals surface area contributed by atoms with Gasteiger partial charge in [-0.05, 0) is 24.6 Å². The Labute approximate surface area is 112 Å². The summed E-state index contributed by atoms with van der Waals surface area (Å²) >= 11 is 0. The molecule has 0 heterocycles. The predicted molar refractivity (Wildman–Crippen MR) is 70.5 cm³/mol. The summed E-state index contributed by atoms with van der Waals surface area (Å²) in [5.41, 5.74) is 6.56. The maximum absolute atomic E-state index is 11.4. The van der Waals surface area contributed by atoms with E-state index >= 15 is 0 Å². The zero-order valence-electron chi connectivity index (χ0n) is 10.1. The first kappa shape index (κ1) is 16.4. The van der Waals surface area contributed by atoms with Crippen molar-refractivity contribution in [1.82, 2.24) is 5.32 Å². The van der Waals surface area contributed by atoms with Gasteiger partial charge < -0.3 is 15.8 Å². The van der Waals surface area contributed by atoms with Crippen LogP contribution in [0.3, 0.4) is 0 Å². The smallest absolute Gasteiger partial charge is 0.338 e. The molecule has 1 rings (SSSR count). The Kier molecular flexibility index (Phi) is 7.74. The minimum atomic E-state index is -0.343. The van der Waals surface area contributed by atoms with Crippen LogP contribution in [-0.4, -0.2) is 25.0 Å². The lowest BCUT2D eigenvalue weighted by atomic mass is 10.1. The number of nitrogens with one attached hydrogen (secondary N) is 1. The highest BCUT2D eigenvalue weighted by atomic mass is 35.5. The average molecular weight is 273 g/mol. The number of rotatable bonds is 5. The summed E-state index contributed by atoms with van der Waals surface area (Å²) in [5.74, 6) is -0.551. The topological polar surface area (TPSA) is 81.4 Å². The van der Waals surface area contributed by atoms with E-state index in [4.69, 9.17) is 10.5 Å². The summed E-state index contributed by atoms with van der Waals surface area (Å²) in [7, 11) is 0. The summed E-state index contributed by atoms with van der Waals surface area (Å²) < 4.78 is 4.86. The van der Waals surface area contributed by atoms with Gasteiger partial charge in [-0.2, -0.15) is 0 Å². The zero-order valence-corrected chi connectivity index (χ0v) is 11.0. The minimum absolute atomic E-state index is 0. The van der Waals surface area contributed by atoms with Crippen LogP contribution >= 0.6 is 12.4 Å². The molecule has 0 unspecified atom stereocenters. The van der Waals surface area contributed by atoms with Crippen molar-refractivity contribution in [2.45, 2.75) is 13.5 Å². The SMILES string of the molecule is CCOC(=O)c1ccc(CNC(=O)CN)cc1.Cl. The zero-order chi connectivity index (χ0) is 12.7. The molecule has 1 aromatic rings. The van der Waals surface area contributed by atoms with E-state index in [0.717, 1.165) is 5.56 Å². The maximum Gasteiger partial charge on any atom is 0.338 e. The van der Waals surface area contributed by atoms with Gasteiger partial charge in [-0.25, -0.2) is 4.79 Å². The highest BCUT2D eigenvalue weighted by Crippen LogP contribution is 2.05. The van der Waals surface area contributed by atoms with Gasteiger partial charge in [0.15, 0.2) is 0 Å². The molecule has 0 saturated heterocycles. The van der Waals surface area contributed by atoms with Gasteiger partial charge in [-0.15, -0.1) is 12.4 Å². The molecule has 0 aromatic heterocycles. The van der Waals surface area contributed by atoms with Gasteiger partial charge in [0.1, 0.15) is 0 Å². The van der Waals surface area contributed by atoms with Gasteiger partial charge in [0, 0.05) is 6.54 Å². The first-order chi connectivity index (χ1) is 8.17. The summed E-state index contributed by atoms with van der Waals surface area (Å²) in [4.78, 5) is 22.3. The van der Waals surface area contributed by atoms with E-state index in [9.17, 15) is 9.59 Å². The highest BCUT2D eigenvalue weighted by molar-refractivity contribution is 5.89. The van der Waals surface area contributed by atoms with Crippen LogP contribution in [0.15, 0.2) is 24.3 Å². The fourth-order valence-electron chi connectivity index (χ4n) is 1.25. The van der Waals surface area contributed by atoms with E-state index in [1.54, 1.807) is 31.2 Å². The number of amides is 1. The molecule has 0 spiro atoms. The van der Waals surface area contributed by atoms with Crippen molar-refractivity contribution < 1.29 is 14.3 Å². The number of halogens is 1. The van der Waals surface area contributed by atoms with Crippen LogP contribution in [-0.2, 0) is 16.1 Å². The number of carbonyl (C=O) groups is 2. The van der Waals surface area contributed by atoms with Gasteiger partial charge in [-0.1, -0.05) is 12.1 Å². The third-order valence-electron chi connectivity index (χ3n) is 2.14. The van der Waals surface area contributed by atoms with Crippen molar-refractivity contribution in [3.63, 3.8) is 0 Å². The van der Waals surface area contributed by atoms with Crippen molar-refractivity contribution >= 4 is 24.3 Å². The fourth-order valence-corrected chi connectivity index (χ4v) is 1.25. The second-order valence-corrected chi connectivity index (χ2v) is 3.40. The molecule has 0 atom stereocenters. The molecule has 0 saturated carbocycles. The van der Waals surface area contributed by atoms with Gasteiger partial charge >= 0.3 is 5.97 Å². The van der Waals surface area contributed by atoms with Crippen molar-refractivity contribution in [2.75, 3.05) is 13.2 Å². The van der Waals surface area contributed by atoms with Gasteiger partial charge in [0.25, 0.3) is 0 Å². The summed E-state index contributed by atoms with van der Waals surface area (Å²) in [6, 6.07) is 6.87. The van der Waals surface area contributed by atoms with E-state index in [-0.39, 0.29) is 30.8 Å². The number of ether oxygens (including phenoxy) is 1. The Bertz CT molecular complexity index is 393. The van der Waals surface area contributed by atoms with Crippen molar-refractivity contribution in [3.05, 3.63) is 35.4 Å². The van der Waals surface area contributed by atoms with Gasteiger partial charge in [-0.3, -0.25) is 4.79 Å². The lowest BCUT2D eigenvalue weighted by molar-refractivity contribution is -0.119. The minimum Gasteiger partial charge on any atom is -0.462 e. The predicted octanol–water partition coefficient (Wildman–Crippen LogP) is 0.860. The van der Waals surface area contributed by atoms with Crippen molar-refractivity contribution in [2.24, 2.45) is 5.73 Å². The summed E-state index contributed by atoms with van der Waals surface area (Å²) in [6.45, 7) is 2.49. The Morgan fingerprint density at radius 3 is 2.39 bits per heavy atom. The van der Waals surface area contributed by atoms with Crippen LogP contribution in [0, 0.1) is 0 Å². The molecule has 0 aliphatic rings. The van der Waals surface area contributed by atoms with Crippen LogP contribution in [0.1, 0.15) is 22.8 Å². The quantitative estimate of drug-likeness (QED) is 0.779. The molecular weight excluding hydrogens is 256 g/mol. The van der Waals surface area contributed by atoms with E-state index in [1.165, 1.54) is 0 Å². The standard InChI is InChI=1S/C12H16N2O3.ClH/c1-2-17-12(16)10-5-3-9(4-6-10)8-14-11(15)7-13;/h3-6H,2,7-8,13H2,1H3,(H,14,15);1H. The third kappa shape index (κ3) is 5.16. The number of esters is 1. The molecule has 1 amide bonds. The lowest BCUT2D eigenvalue weighted by Gasteiger charge is -2.05. The summed E-state index contributed by atoms with van der Waals surface area (Å²) in [6.07, 6.45) is 0. The van der Waals surface area contributed by atoms with Gasteiger partial charge in [0.2, 0.25) is 5.91 Å². The van der Waals surface area contributed by atoms with Crippen LogP contribution in [0.5, 0.6) is 0 Å². The Balaban J connectivity index is 0.00000289. The van der Waals surface area contributed by atoms with E-state index in [2.05, 4.69) is 5.32 Å². The molecule has 0 radical (unpaired) electrons. The second-order valence-electron chi connectivity index (χ2n) is 3.40. The normalized spacial score (nSPS) is 9.22. The number of hydrogen-bond donors (Lipinski definition) is 2. The molecule has 6 heteroatoms. The number of benzene rings is 1. The highest BCUT2D eigenvalue weighted by Gasteiger charge is 2.05. The molecule has 0 aliphatic heterocycles. The molecule has 18 heavy (non-hydrogen) atoms. The van der Waals surface area contributed by atoms with Gasteiger partial charge in [0.05, 0.1) is 18.7 Å². The monoisotopic (exact) mass is 272 g/mol. The van der Waals surface area contributed by atoms with Crippen LogP contribution in [0.2, 0.25) is 0 Å². The van der Waals surface area contributed by atoms with E-state index in [0.29, 0.717) is 18.7 Å². The fraction of sp³-hybridized carbons (Fsp3) is 0.333. The summed E-state index contributed by atoms with van der Waals surface area (Å²) in [5, 5.41) is 2.64. The van der Waals surface area contributed by atoms with Crippen molar-refractivity contribution in [1.29, 1.82) is 0 Å². The second kappa shape index (κ2) is 8.49. The Morgan fingerprint density at radius 1 is 1.28 bits per heavy atom. The maximum atomic E-state index is 11.4. The molecule has 5 nitrogen and oxygen atoms in total. The van der Waals surface area contributed by atoms with Crippen LogP contribution in [0.25, 0.3) is 0 Å². The number of nitrogens with two attached hydrogens (primary N) is 1. The van der Waals surface area contributed by atoms with E-state index in [1.807, 2.05) is 0 Å². The van der Waals surface area contributed by atoms with E-state index < -0.39 is 0 Å². The molecule has 0 aliphatic carbocycles. The van der Waals surface area contributed by atoms with Crippen LogP contribution < -0.4 is 11.1 Å². The molecule has 3 N–H and O–H groups in total. The van der Waals surface area contributed by atoms with Crippen molar-refractivity contribution in [3.8, 4) is 0 Å². The number of carbonyl (C=O) groups excluding carboxylic acids is 2. The number of hydrogen-bond acceptors (Lipinski definition) is 4. The Hall–Kier alpha value is -1.59. The molecule has 1 aromatic carbocycles. The largest absolute Gasteiger partial charge is 0.462 e. The first-order valence-electron chi connectivity index (χ1n) is 5.40. The molecule has 0 fully saturated rings.